The monoisotopic (exact) mass is 313 g/mol. The van der Waals surface area contributed by atoms with Gasteiger partial charge in [-0.25, -0.2) is 0 Å². The van der Waals surface area contributed by atoms with Gasteiger partial charge < -0.3 is 15.3 Å². The minimum absolute atomic E-state index is 0.208. The van der Waals surface area contributed by atoms with Crippen LogP contribution in [0.5, 0.6) is 0 Å². The summed E-state index contributed by atoms with van der Waals surface area (Å²) < 4.78 is 0. The fraction of sp³-hybridized carbons (Fsp3) is 0.786. The molecule has 0 spiro atoms. The first-order valence-electron chi connectivity index (χ1n) is 7.69. The number of aromatic nitrogens is 3. The summed E-state index contributed by atoms with van der Waals surface area (Å²) in [5.41, 5.74) is 0. The number of rotatable bonds is 7. The van der Waals surface area contributed by atoms with Crippen molar-refractivity contribution in [1.82, 2.24) is 15.0 Å². The van der Waals surface area contributed by atoms with Crippen LogP contribution in [0.25, 0.3) is 0 Å². The van der Waals surface area contributed by atoms with Gasteiger partial charge in [0.25, 0.3) is 0 Å². The fourth-order valence-electron chi connectivity index (χ4n) is 2.91. The Morgan fingerprint density at radius 3 is 2.57 bits per heavy atom. The van der Waals surface area contributed by atoms with Crippen molar-refractivity contribution < 1.29 is 5.11 Å². The molecule has 6 nitrogen and oxygen atoms in total. The number of halogens is 1. The quantitative estimate of drug-likeness (QED) is 0.804. The molecule has 1 fully saturated rings. The summed E-state index contributed by atoms with van der Waals surface area (Å²) >= 11 is 5.99. The lowest BCUT2D eigenvalue weighted by Gasteiger charge is -2.20. The molecule has 1 heterocycles. The van der Waals surface area contributed by atoms with E-state index in [4.69, 9.17) is 11.6 Å². The van der Waals surface area contributed by atoms with Gasteiger partial charge in [-0.15, -0.1) is 0 Å². The number of nitrogens with one attached hydrogen (secondary N) is 1. The van der Waals surface area contributed by atoms with Crippen LogP contribution in [0.4, 0.5) is 11.9 Å². The number of nitrogens with zero attached hydrogens (tertiary/aromatic N) is 4. The van der Waals surface area contributed by atoms with Crippen molar-refractivity contribution >= 4 is 23.5 Å². The molecule has 0 radical (unpaired) electrons. The fourth-order valence-corrected chi connectivity index (χ4v) is 3.07. The summed E-state index contributed by atoms with van der Waals surface area (Å²) in [7, 11) is 0. The summed E-state index contributed by atoms with van der Waals surface area (Å²) in [5, 5.41) is 12.8. The normalized spacial score (nSPS) is 21.5. The van der Waals surface area contributed by atoms with Crippen molar-refractivity contribution in [2.24, 2.45) is 11.8 Å². The Morgan fingerprint density at radius 1 is 1.19 bits per heavy atom. The van der Waals surface area contributed by atoms with E-state index in [0.29, 0.717) is 23.7 Å². The van der Waals surface area contributed by atoms with Gasteiger partial charge >= 0.3 is 0 Å². The Bertz CT molecular complexity index is 455. The lowest BCUT2D eigenvalue weighted by molar-refractivity contribution is 0.199. The highest BCUT2D eigenvalue weighted by Gasteiger charge is 2.26. The van der Waals surface area contributed by atoms with Crippen molar-refractivity contribution in [3.63, 3.8) is 0 Å². The molecule has 0 saturated heterocycles. The molecule has 1 aromatic heterocycles. The van der Waals surface area contributed by atoms with Crippen molar-refractivity contribution in [2.75, 3.05) is 36.5 Å². The molecule has 0 bridgehead atoms. The Labute approximate surface area is 131 Å². The van der Waals surface area contributed by atoms with Crippen LogP contribution in [0.1, 0.15) is 33.1 Å². The van der Waals surface area contributed by atoms with Gasteiger partial charge in [0.1, 0.15) is 0 Å². The van der Waals surface area contributed by atoms with Crippen molar-refractivity contribution in [1.29, 1.82) is 0 Å². The van der Waals surface area contributed by atoms with E-state index in [1.807, 2.05) is 4.90 Å². The topological polar surface area (TPSA) is 74.2 Å². The van der Waals surface area contributed by atoms with E-state index in [1.165, 1.54) is 6.42 Å². The first-order valence-corrected chi connectivity index (χ1v) is 8.06. The molecule has 0 aliphatic heterocycles. The molecule has 118 valence electrons. The number of hydrogen-bond donors (Lipinski definition) is 2. The zero-order chi connectivity index (χ0) is 15.2. The number of aliphatic hydroxyl groups is 1. The maximum atomic E-state index is 9.36. The van der Waals surface area contributed by atoms with Gasteiger partial charge in [0.2, 0.25) is 17.2 Å². The summed E-state index contributed by atoms with van der Waals surface area (Å²) in [6.07, 6.45) is 3.42. The zero-order valence-corrected chi connectivity index (χ0v) is 13.5. The Kier molecular flexibility index (Phi) is 5.99. The van der Waals surface area contributed by atoms with Crippen molar-refractivity contribution in [2.45, 2.75) is 33.1 Å². The molecule has 0 aromatic carbocycles. The summed E-state index contributed by atoms with van der Waals surface area (Å²) in [5.74, 6) is 1.98. The predicted octanol–water partition coefficient (Wildman–Crippen LogP) is 2.19. The van der Waals surface area contributed by atoms with Crippen molar-refractivity contribution in [3.05, 3.63) is 5.28 Å². The van der Waals surface area contributed by atoms with Crippen LogP contribution < -0.4 is 10.2 Å². The number of anilines is 2. The van der Waals surface area contributed by atoms with Crippen LogP contribution in [0, 0.1) is 11.8 Å². The lowest BCUT2D eigenvalue weighted by atomic mass is 9.97. The molecule has 7 heteroatoms. The first kappa shape index (κ1) is 16.2. The Hall–Kier alpha value is -1.14. The smallest absolute Gasteiger partial charge is 0.231 e. The van der Waals surface area contributed by atoms with Crippen LogP contribution in [-0.4, -0.2) is 46.3 Å². The SMILES string of the molecule is CCN(CC)c1nc(Cl)nc(NCC2CCCC2CO)n1. The zero-order valence-electron chi connectivity index (χ0n) is 12.7. The van der Waals surface area contributed by atoms with Crippen LogP contribution in [-0.2, 0) is 0 Å². The third-order valence-electron chi connectivity index (χ3n) is 4.22. The maximum Gasteiger partial charge on any atom is 0.231 e. The molecular formula is C14H24ClN5O. The number of hydrogen-bond acceptors (Lipinski definition) is 6. The van der Waals surface area contributed by atoms with Crippen LogP contribution >= 0.6 is 11.6 Å². The van der Waals surface area contributed by atoms with E-state index >= 15 is 0 Å². The van der Waals surface area contributed by atoms with E-state index in [-0.39, 0.29) is 11.9 Å². The van der Waals surface area contributed by atoms with Gasteiger partial charge in [-0.2, -0.15) is 15.0 Å². The second-order valence-electron chi connectivity index (χ2n) is 5.41. The summed E-state index contributed by atoms with van der Waals surface area (Å²) in [6, 6.07) is 0. The molecule has 1 saturated carbocycles. The number of aliphatic hydroxyl groups excluding tert-OH is 1. The second kappa shape index (κ2) is 7.75. The highest BCUT2D eigenvalue weighted by atomic mass is 35.5. The molecule has 2 rings (SSSR count). The predicted molar refractivity (Wildman–Crippen MR) is 84.8 cm³/mol. The second-order valence-corrected chi connectivity index (χ2v) is 5.75. The highest BCUT2D eigenvalue weighted by Crippen LogP contribution is 2.31. The van der Waals surface area contributed by atoms with E-state index in [9.17, 15) is 5.11 Å². The molecule has 2 atom stereocenters. The van der Waals surface area contributed by atoms with E-state index in [2.05, 4.69) is 34.1 Å². The van der Waals surface area contributed by atoms with Crippen molar-refractivity contribution in [3.8, 4) is 0 Å². The maximum absolute atomic E-state index is 9.36. The third-order valence-corrected chi connectivity index (χ3v) is 4.39. The average Bonchev–Trinajstić information content (AvgIpc) is 2.93. The molecule has 1 aliphatic rings. The van der Waals surface area contributed by atoms with Gasteiger partial charge in [0, 0.05) is 26.2 Å². The molecule has 21 heavy (non-hydrogen) atoms. The van der Waals surface area contributed by atoms with Gasteiger partial charge in [-0.3, -0.25) is 0 Å². The Morgan fingerprint density at radius 2 is 1.90 bits per heavy atom. The standard InChI is InChI=1S/C14H24ClN5O/c1-3-20(4-2)14-18-12(15)17-13(19-14)16-8-10-6-5-7-11(10)9-21/h10-11,21H,3-9H2,1-2H3,(H,16,17,18,19). The van der Waals surface area contributed by atoms with Crippen LogP contribution in [0.2, 0.25) is 5.28 Å². The van der Waals surface area contributed by atoms with Crippen LogP contribution in [0.3, 0.4) is 0 Å². The Balaban J connectivity index is 2.02. The highest BCUT2D eigenvalue weighted by molar-refractivity contribution is 6.28. The molecule has 2 unspecified atom stereocenters. The van der Waals surface area contributed by atoms with E-state index in [1.54, 1.807) is 0 Å². The lowest BCUT2D eigenvalue weighted by Crippen LogP contribution is -2.26. The minimum atomic E-state index is 0.208. The molecule has 1 aromatic rings. The molecule has 1 aliphatic carbocycles. The average molecular weight is 314 g/mol. The van der Waals surface area contributed by atoms with E-state index < -0.39 is 0 Å². The minimum Gasteiger partial charge on any atom is -0.396 e. The summed E-state index contributed by atoms with van der Waals surface area (Å²) in [4.78, 5) is 14.8. The van der Waals surface area contributed by atoms with Gasteiger partial charge in [-0.1, -0.05) is 6.42 Å². The van der Waals surface area contributed by atoms with Gasteiger partial charge in [-0.05, 0) is 50.1 Å². The van der Waals surface area contributed by atoms with E-state index in [0.717, 1.165) is 32.5 Å². The first-order chi connectivity index (χ1) is 10.2. The van der Waals surface area contributed by atoms with Gasteiger partial charge in [0.05, 0.1) is 0 Å². The summed E-state index contributed by atoms with van der Waals surface area (Å²) in [6.45, 7) is 6.78. The third kappa shape index (κ3) is 4.17. The van der Waals surface area contributed by atoms with Crippen LogP contribution in [0.15, 0.2) is 0 Å². The molecule has 0 amide bonds. The molecular weight excluding hydrogens is 290 g/mol. The van der Waals surface area contributed by atoms with Gasteiger partial charge in [0.15, 0.2) is 0 Å². The largest absolute Gasteiger partial charge is 0.396 e. The molecule has 2 N–H and O–H groups in total.